The molecule has 172 valence electrons. The summed E-state index contributed by atoms with van der Waals surface area (Å²) in [5, 5.41) is 17.7. The topological polar surface area (TPSA) is 93.0 Å². The third-order valence-corrected chi connectivity index (χ3v) is 6.72. The molecule has 1 saturated heterocycles. The number of nitrogens with two attached hydrogens (primary N) is 1. The van der Waals surface area contributed by atoms with Crippen molar-refractivity contribution in [3.63, 3.8) is 0 Å². The number of ether oxygens (including phenoxy) is 1. The van der Waals surface area contributed by atoms with Crippen molar-refractivity contribution in [2.75, 3.05) is 6.54 Å². The van der Waals surface area contributed by atoms with Crippen LogP contribution in [0.5, 0.6) is 0 Å². The normalized spacial score (nSPS) is 21.0. The first kappa shape index (κ1) is 22.7. The Morgan fingerprint density at radius 3 is 2.64 bits per heavy atom. The number of benzene rings is 1. The van der Waals surface area contributed by atoms with Crippen molar-refractivity contribution in [2.24, 2.45) is 11.7 Å². The molecule has 2 atom stereocenters. The molecule has 2 N–H and O–H groups in total. The van der Waals surface area contributed by atoms with Gasteiger partial charge in [0.05, 0.1) is 30.6 Å². The Morgan fingerprint density at radius 2 is 1.97 bits per heavy atom. The molecule has 0 spiro atoms. The van der Waals surface area contributed by atoms with Gasteiger partial charge in [-0.1, -0.05) is 24.8 Å². The van der Waals surface area contributed by atoms with Crippen LogP contribution in [-0.4, -0.2) is 32.5 Å². The van der Waals surface area contributed by atoms with Crippen LogP contribution < -0.4 is 5.73 Å². The van der Waals surface area contributed by atoms with Crippen molar-refractivity contribution in [3.8, 4) is 11.8 Å². The quantitative estimate of drug-likeness (QED) is 0.611. The van der Waals surface area contributed by atoms with E-state index < -0.39 is 0 Å². The van der Waals surface area contributed by atoms with Crippen molar-refractivity contribution in [2.45, 2.75) is 58.4 Å². The van der Waals surface area contributed by atoms with Gasteiger partial charge >= 0.3 is 0 Å². The van der Waals surface area contributed by atoms with Crippen LogP contribution in [0.1, 0.15) is 57.9 Å². The van der Waals surface area contributed by atoms with Crippen molar-refractivity contribution in [3.05, 3.63) is 71.6 Å². The van der Waals surface area contributed by atoms with Crippen LogP contribution in [0.15, 0.2) is 66.0 Å². The maximum Gasteiger partial charge on any atom is 0.190 e. The third kappa shape index (κ3) is 4.80. The summed E-state index contributed by atoms with van der Waals surface area (Å²) in [6, 6.07) is 10.9. The molecule has 2 aliphatic rings. The SMILES string of the molecule is C=C(O/C(N)=C(\C)CC#N)C1CC[C@@H](C)N(C(=C2CCC2)c2ccccc2-n2nccn2)C1. The lowest BCUT2D eigenvalue weighted by atomic mass is 9.84. The van der Waals surface area contributed by atoms with Crippen molar-refractivity contribution in [1.82, 2.24) is 19.9 Å². The fourth-order valence-electron chi connectivity index (χ4n) is 4.53. The lowest BCUT2D eigenvalue weighted by molar-refractivity contribution is 0.152. The molecule has 1 aliphatic heterocycles. The van der Waals surface area contributed by atoms with Gasteiger partial charge in [-0.2, -0.15) is 20.3 Å². The average Bonchev–Trinajstić information content (AvgIpc) is 3.31. The van der Waals surface area contributed by atoms with Gasteiger partial charge in [-0.05, 0) is 57.6 Å². The molecular formula is C26H32N6O. The van der Waals surface area contributed by atoms with Crippen LogP contribution in [0.4, 0.5) is 0 Å². The highest BCUT2D eigenvalue weighted by atomic mass is 16.5. The molecule has 7 heteroatoms. The first-order chi connectivity index (χ1) is 16.0. The molecule has 0 radical (unpaired) electrons. The molecule has 1 aromatic heterocycles. The van der Waals surface area contributed by atoms with Crippen molar-refractivity contribution in [1.29, 1.82) is 5.26 Å². The second-order valence-electron chi connectivity index (χ2n) is 8.96. The van der Waals surface area contributed by atoms with Gasteiger partial charge in [-0.15, -0.1) is 0 Å². The number of para-hydroxylation sites is 1. The highest BCUT2D eigenvalue weighted by molar-refractivity contribution is 5.74. The number of nitrogens with zero attached hydrogens (tertiary/aromatic N) is 5. The zero-order chi connectivity index (χ0) is 23.4. The number of rotatable bonds is 7. The molecular weight excluding hydrogens is 412 g/mol. The van der Waals surface area contributed by atoms with E-state index in [0.717, 1.165) is 49.1 Å². The Balaban J connectivity index is 1.64. The zero-order valence-electron chi connectivity index (χ0n) is 19.5. The fourth-order valence-corrected chi connectivity index (χ4v) is 4.53. The number of likely N-dealkylation sites (tertiary alicyclic amines) is 1. The first-order valence-electron chi connectivity index (χ1n) is 11.6. The van der Waals surface area contributed by atoms with Crippen LogP contribution in [0, 0.1) is 17.2 Å². The Labute approximate surface area is 195 Å². The minimum atomic E-state index is 0.153. The van der Waals surface area contributed by atoms with Crippen LogP contribution in [0.2, 0.25) is 0 Å². The number of aromatic nitrogens is 3. The maximum absolute atomic E-state index is 8.93. The predicted molar refractivity (Wildman–Crippen MR) is 128 cm³/mol. The molecule has 1 aliphatic carbocycles. The smallest absolute Gasteiger partial charge is 0.190 e. The molecule has 0 bridgehead atoms. The summed E-state index contributed by atoms with van der Waals surface area (Å²) in [4.78, 5) is 4.22. The van der Waals surface area contributed by atoms with E-state index in [0.29, 0.717) is 17.7 Å². The zero-order valence-corrected chi connectivity index (χ0v) is 19.5. The predicted octanol–water partition coefficient (Wildman–Crippen LogP) is 4.90. The maximum atomic E-state index is 8.93. The number of hydrogen-bond donors (Lipinski definition) is 1. The molecule has 2 aromatic rings. The second-order valence-corrected chi connectivity index (χ2v) is 8.96. The van der Waals surface area contributed by atoms with E-state index in [-0.39, 0.29) is 12.3 Å². The van der Waals surface area contributed by atoms with Gasteiger partial charge in [0.15, 0.2) is 5.88 Å². The van der Waals surface area contributed by atoms with Crippen molar-refractivity contribution < 1.29 is 4.74 Å². The summed E-state index contributed by atoms with van der Waals surface area (Å²) in [5.41, 5.74) is 11.7. The molecule has 1 saturated carbocycles. The molecule has 2 fully saturated rings. The highest BCUT2D eigenvalue weighted by Crippen LogP contribution is 2.41. The summed E-state index contributed by atoms with van der Waals surface area (Å²) in [6.07, 6.45) is 9.15. The molecule has 1 aromatic carbocycles. The minimum absolute atomic E-state index is 0.153. The fraction of sp³-hybridized carbons (Fsp3) is 0.423. The number of allylic oxidation sites excluding steroid dienone is 2. The van der Waals surface area contributed by atoms with Gasteiger partial charge in [-0.3, -0.25) is 0 Å². The molecule has 4 rings (SSSR count). The number of nitriles is 1. The monoisotopic (exact) mass is 444 g/mol. The van der Waals surface area contributed by atoms with Crippen LogP contribution in [0.25, 0.3) is 11.4 Å². The highest BCUT2D eigenvalue weighted by Gasteiger charge is 2.33. The van der Waals surface area contributed by atoms with Gasteiger partial charge in [0.1, 0.15) is 5.76 Å². The summed E-state index contributed by atoms with van der Waals surface area (Å²) in [7, 11) is 0. The Bertz CT molecular complexity index is 1100. The van der Waals surface area contributed by atoms with E-state index in [2.05, 4.69) is 52.9 Å². The van der Waals surface area contributed by atoms with Crippen LogP contribution in [-0.2, 0) is 4.74 Å². The Hall–Kier alpha value is -3.53. The Kier molecular flexibility index (Phi) is 6.83. The van der Waals surface area contributed by atoms with Gasteiger partial charge in [0.2, 0.25) is 0 Å². The van der Waals surface area contributed by atoms with E-state index in [1.807, 2.05) is 13.0 Å². The molecule has 7 nitrogen and oxygen atoms in total. The summed E-state index contributed by atoms with van der Waals surface area (Å²) in [5.74, 6) is 1.11. The van der Waals surface area contributed by atoms with Crippen LogP contribution in [0.3, 0.4) is 0 Å². The third-order valence-electron chi connectivity index (χ3n) is 6.72. The molecule has 0 amide bonds. The molecule has 1 unspecified atom stereocenters. The number of hydrogen-bond acceptors (Lipinski definition) is 6. The van der Waals surface area contributed by atoms with Gasteiger partial charge in [0.25, 0.3) is 0 Å². The van der Waals surface area contributed by atoms with Crippen molar-refractivity contribution >= 4 is 5.70 Å². The van der Waals surface area contributed by atoms with E-state index in [1.54, 1.807) is 17.2 Å². The van der Waals surface area contributed by atoms with Gasteiger partial charge in [0, 0.05) is 35.3 Å². The largest absolute Gasteiger partial charge is 0.446 e. The minimum Gasteiger partial charge on any atom is -0.446 e. The Morgan fingerprint density at radius 1 is 1.24 bits per heavy atom. The molecule has 33 heavy (non-hydrogen) atoms. The van der Waals surface area contributed by atoms with E-state index in [4.69, 9.17) is 15.7 Å². The summed E-state index contributed by atoms with van der Waals surface area (Å²) < 4.78 is 5.90. The average molecular weight is 445 g/mol. The number of piperidine rings is 1. The first-order valence-corrected chi connectivity index (χ1v) is 11.6. The second kappa shape index (κ2) is 9.95. The molecule has 2 heterocycles. The van der Waals surface area contributed by atoms with E-state index >= 15 is 0 Å². The van der Waals surface area contributed by atoms with Gasteiger partial charge in [-0.25, -0.2) is 0 Å². The lowest BCUT2D eigenvalue weighted by Gasteiger charge is -2.43. The lowest BCUT2D eigenvalue weighted by Crippen LogP contribution is -2.42. The van der Waals surface area contributed by atoms with E-state index in [1.165, 1.54) is 17.7 Å². The summed E-state index contributed by atoms with van der Waals surface area (Å²) in [6.45, 7) is 9.12. The summed E-state index contributed by atoms with van der Waals surface area (Å²) >= 11 is 0. The standard InChI is InChI=1S/C26H32N6O/c1-18(13-14-27)26(28)33-20(3)22-12-11-19(2)31(17-22)25(21-7-6-8-21)23-9-4-5-10-24(23)32-29-15-16-30-32/h4-5,9-10,15-16,19,22H,3,6-8,11-13,17,28H2,1-2H3/b26-18+/t19-,22?/m1/s1. The van der Waals surface area contributed by atoms with Gasteiger partial charge < -0.3 is 15.4 Å². The van der Waals surface area contributed by atoms with E-state index in [9.17, 15) is 0 Å². The van der Waals surface area contributed by atoms with Crippen LogP contribution >= 0.6 is 0 Å².